The van der Waals surface area contributed by atoms with Crippen molar-refractivity contribution in [2.75, 3.05) is 11.5 Å². The Bertz CT molecular complexity index is 900. The number of anilines is 1. The summed E-state index contributed by atoms with van der Waals surface area (Å²) >= 11 is 0. The standard InChI is InChI=1S/C22H21FN2O2/c1-2-13-27-20-10-6-8-18(15-20)22(26)25(21-11-3-4-12-24-21)16-17-7-5-9-19(23)14-17/h3-12,14-15H,2,13,16H2,1H3. The summed E-state index contributed by atoms with van der Waals surface area (Å²) in [6, 6.07) is 18.6. The molecule has 0 saturated heterocycles. The number of pyridine rings is 1. The van der Waals surface area contributed by atoms with Gasteiger partial charge in [-0.2, -0.15) is 0 Å². The maximum absolute atomic E-state index is 13.6. The number of halogens is 1. The van der Waals surface area contributed by atoms with Crippen LogP contribution in [0.3, 0.4) is 0 Å². The summed E-state index contributed by atoms with van der Waals surface area (Å²) in [5, 5.41) is 0. The molecule has 3 aromatic rings. The zero-order valence-corrected chi connectivity index (χ0v) is 15.1. The Morgan fingerprint density at radius 2 is 1.93 bits per heavy atom. The lowest BCUT2D eigenvalue weighted by Crippen LogP contribution is -2.31. The van der Waals surface area contributed by atoms with Gasteiger partial charge in [-0.15, -0.1) is 0 Å². The van der Waals surface area contributed by atoms with Gasteiger partial charge in [-0.3, -0.25) is 9.69 Å². The average Bonchev–Trinajstić information content (AvgIpc) is 2.71. The summed E-state index contributed by atoms with van der Waals surface area (Å²) in [5.74, 6) is 0.594. The van der Waals surface area contributed by atoms with E-state index >= 15 is 0 Å². The quantitative estimate of drug-likeness (QED) is 0.601. The van der Waals surface area contributed by atoms with Crippen LogP contribution >= 0.6 is 0 Å². The number of carbonyl (C=O) groups excluding carboxylic acids is 1. The zero-order chi connectivity index (χ0) is 19.1. The van der Waals surface area contributed by atoms with E-state index in [0.717, 1.165) is 6.42 Å². The summed E-state index contributed by atoms with van der Waals surface area (Å²) in [7, 11) is 0. The molecule has 1 heterocycles. The molecule has 1 amide bonds. The van der Waals surface area contributed by atoms with Crippen LogP contribution in [0.25, 0.3) is 0 Å². The molecule has 3 rings (SSSR count). The van der Waals surface area contributed by atoms with E-state index in [1.165, 1.54) is 17.0 Å². The van der Waals surface area contributed by atoms with Crippen molar-refractivity contribution in [1.82, 2.24) is 4.98 Å². The molecule has 0 aliphatic carbocycles. The molecular weight excluding hydrogens is 343 g/mol. The first kappa shape index (κ1) is 18.6. The molecule has 0 aliphatic rings. The van der Waals surface area contributed by atoms with Crippen molar-refractivity contribution in [2.45, 2.75) is 19.9 Å². The fourth-order valence-corrected chi connectivity index (χ4v) is 2.68. The van der Waals surface area contributed by atoms with Crippen molar-refractivity contribution < 1.29 is 13.9 Å². The van der Waals surface area contributed by atoms with Gasteiger partial charge in [0.15, 0.2) is 0 Å². The highest BCUT2D eigenvalue weighted by molar-refractivity contribution is 6.05. The second kappa shape index (κ2) is 8.94. The number of hydrogen-bond acceptors (Lipinski definition) is 3. The molecule has 0 aliphatic heterocycles. The Labute approximate surface area is 158 Å². The van der Waals surface area contributed by atoms with Crippen LogP contribution in [0.5, 0.6) is 5.75 Å². The number of carbonyl (C=O) groups is 1. The molecule has 2 aromatic carbocycles. The summed E-state index contributed by atoms with van der Waals surface area (Å²) in [4.78, 5) is 19.0. The van der Waals surface area contributed by atoms with E-state index in [9.17, 15) is 9.18 Å². The largest absolute Gasteiger partial charge is 0.494 e. The van der Waals surface area contributed by atoms with Gasteiger partial charge in [-0.25, -0.2) is 9.37 Å². The number of nitrogens with zero attached hydrogens (tertiary/aromatic N) is 2. The maximum atomic E-state index is 13.6. The second-order valence-corrected chi connectivity index (χ2v) is 6.09. The zero-order valence-electron chi connectivity index (χ0n) is 15.1. The molecule has 27 heavy (non-hydrogen) atoms. The van der Waals surface area contributed by atoms with Crippen LogP contribution in [0.15, 0.2) is 72.9 Å². The third kappa shape index (κ3) is 4.91. The van der Waals surface area contributed by atoms with Crippen LogP contribution in [0.4, 0.5) is 10.2 Å². The molecule has 0 radical (unpaired) electrons. The van der Waals surface area contributed by atoms with Gasteiger partial charge in [0.25, 0.3) is 5.91 Å². The van der Waals surface area contributed by atoms with Gasteiger partial charge in [0, 0.05) is 11.8 Å². The van der Waals surface area contributed by atoms with Crippen LogP contribution in [0.2, 0.25) is 0 Å². The molecular formula is C22H21FN2O2. The minimum absolute atomic E-state index is 0.216. The SMILES string of the molecule is CCCOc1cccc(C(=O)N(Cc2cccc(F)c2)c2ccccn2)c1. The number of benzene rings is 2. The average molecular weight is 364 g/mol. The van der Waals surface area contributed by atoms with E-state index in [2.05, 4.69) is 4.98 Å². The van der Waals surface area contributed by atoms with Gasteiger partial charge >= 0.3 is 0 Å². The predicted octanol–water partition coefficient (Wildman–Crippen LogP) is 4.86. The molecule has 0 saturated carbocycles. The Hall–Kier alpha value is -3.21. The summed E-state index contributed by atoms with van der Waals surface area (Å²) < 4.78 is 19.2. The Morgan fingerprint density at radius 1 is 1.07 bits per heavy atom. The molecule has 0 spiro atoms. The van der Waals surface area contributed by atoms with Crippen LogP contribution in [-0.2, 0) is 6.54 Å². The highest BCUT2D eigenvalue weighted by Crippen LogP contribution is 2.21. The van der Waals surface area contributed by atoms with Gasteiger partial charge < -0.3 is 4.74 Å². The number of rotatable bonds is 7. The highest BCUT2D eigenvalue weighted by Gasteiger charge is 2.20. The van der Waals surface area contributed by atoms with Crippen molar-refractivity contribution in [1.29, 1.82) is 0 Å². The van der Waals surface area contributed by atoms with E-state index in [1.807, 2.05) is 19.1 Å². The van der Waals surface area contributed by atoms with Crippen molar-refractivity contribution in [2.24, 2.45) is 0 Å². The lowest BCUT2D eigenvalue weighted by molar-refractivity contribution is 0.0984. The molecule has 138 valence electrons. The van der Waals surface area contributed by atoms with Gasteiger partial charge in [0.1, 0.15) is 17.4 Å². The first-order chi connectivity index (χ1) is 13.2. The van der Waals surface area contributed by atoms with Crippen molar-refractivity contribution in [3.63, 3.8) is 0 Å². The normalized spacial score (nSPS) is 10.4. The molecule has 0 N–H and O–H groups in total. The summed E-state index contributed by atoms with van der Waals surface area (Å²) in [6.07, 6.45) is 2.51. The predicted molar refractivity (Wildman–Crippen MR) is 103 cm³/mol. The number of aromatic nitrogens is 1. The minimum Gasteiger partial charge on any atom is -0.494 e. The molecule has 1 aromatic heterocycles. The number of ether oxygens (including phenoxy) is 1. The molecule has 0 fully saturated rings. The lowest BCUT2D eigenvalue weighted by atomic mass is 10.1. The minimum atomic E-state index is -0.337. The second-order valence-electron chi connectivity index (χ2n) is 6.09. The van der Waals surface area contributed by atoms with E-state index in [4.69, 9.17) is 4.74 Å². The Kier molecular flexibility index (Phi) is 6.15. The van der Waals surface area contributed by atoms with E-state index < -0.39 is 0 Å². The first-order valence-electron chi connectivity index (χ1n) is 8.87. The van der Waals surface area contributed by atoms with Crippen LogP contribution in [-0.4, -0.2) is 17.5 Å². The van der Waals surface area contributed by atoms with E-state index in [0.29, 0.717) is 29.3 Å². The fraction of sp³-hybridized carbons (Fsp3) is 0.182. The van der Waals surface area contributed by atoms with E-state index in [-0.39, 0.29) is 18.3 Å². The Morgan fingerprint density at radius 3 is 2.67 bits per heavy atom. The van der Waals surface area contributed by atoms with E-state index in [1.54, 1.807) is 48.7 Å². The monoisotopic (exact) mass is 364 g/mol. The molecule has 0 atom stereocenters. The molecule has 0 bridgehead atoms. The maximum Gasteiger partial charge on any atom is 0.259 e. The Balaban J connectivity index is 1.91. The third-order valence-electron chi connectivity index (χ3n) is 3.95. The van der Waals surface area contributed by atoms with Crippen LogP contribution in [0.1, 0.15) is 29.3 Å². The van der Waals surface area contributed by atoms with Crippen LogP contribution in [0, 0.1) is 5.82 Å². The molecule has 0 unspecified atom stereocenters. The van der Waals surface area contributed by atoms with Crippen molar-refractivity contribution in [3.8, 4) is 5.75 Å². The topological polar surface area (TPSA) is 42.4 Å². The number of amides is 1. The van der Waals surface area contributed by atoms with Crippen molar-refractivity contribution in [3.05, 3.63) is 89.9 Å². The van der Waals surface area contributed by atoms with Crippen molar-refractivity contribution >= 4 is 11.7 Å². The third-order valence-corrected chi connectivity index (χ3v) is 3.95. The van der Waals surface area contributed by atoms with Gasteiger partial charge in [-0.05, 0) is 54.4 Å². The van der Waals surface area contributed by atoms with Gasteiger partial charge in [0.05, 0.1) is 13.2 Å². The summed E-state index contributed by atoms with van der Waals surface area (Å²) in [6.45, 7) is 2.83. The van der Waals surface area contributed by atoms with Gasteiger partial charge in [-0.1, -0.05) is 31.2 Å². The fourth-order valence-electron chi connectivity index (χ4n) is 2.68. The van der Waals surface area contributed by atoms with Crippen LogP contribution < -0.4 is 9.64 Å². The number of hydrogen-bond donors (Lipinski definition) is 0. The van der Waals surface area contributed by atoms with Gasteiger partial charge in [0.2, 0.25) is 0 Å². The highest BCUT2D eigenvalue weighted by atomic mass is 19.1. The first-order valence-corrected chi connectivity index (χ1v) is 8.87. The molecule has 4 nitrogen and oxygen atoms in total. The molecule has 5 heteroatoms. The lowest BCUT2D eigenvalue weighted by Gasteiger charge is -2.22. The smallest absolute Gasteiger partial charge is 0.259 e. The summed E-state index contributed by atoms with van der Waals surface area (Å²) in [5.41, 5.74) is 1.18.